The Hall–Kier alpha value is -2.38. The topological polar surface area (TPSA) is 64.6 Å². The highest BCUT2D eigenvalue weighted by atomic mass is 35.5. The molecular weight excluding hydrogens is 376 g/mol. The van der Waals surface area contributed by atoms with Gasteiger partial charge in [0.1, 0.15) is 11.9 Å². The number of pyridine rings is 2. The first kappa shape index (κ1) is 17.7. The highest BCUT2D eigenvalue weighted by molar-refractivity contribution is 6.30. The number of amides is 1. The summed E-state index contributed by atoms with van der Waals surface area (Å²) in [6.45, 7) is 5.53. The molecule has 5 rings (SSSR count). The minimum absolute atomic E-state index is 0.0413. The summed E-state index contributed by atoms with van der Waals surface area (Å²) in [6.07, 6.45) is 5.62. The van der Waals surface area contributed by atoms with Gasteiger partial charge in [-0.2, -0.15) is 0 Å². The molecule has 0 saturated carbocycles. The normalized spacial score (nSPS) is 22.0. The fourth-order valence-electron chi connectivity index (χ4n) is 4.37. The predicted octanol–water partition coefficient (Wildman–Crippen LogP) is 2.37. The molecule has 8 heteroatoms. The van der Waals surface area contributed by atoms with E-state index in [1.54, 1.807) is 6.20 Å². The number of halogens is 1. The summed E-state index contributed by atoms with van der Waals surface area (Å²) in [4.78, 5) is 28.3. The van der Waals surface area contributed by atoms with Gasteiger partial charge in [-0.05, 0) is 36.6 Å². The molecule has 3 aliphatic heterocycles. The van der Waals surface area contributed by atoms with Gasteiger partial charge in [-0.15, -0.1) is 0 Å². The van der Waals surface area contributed by atoms with Crippen molar-refractivity contribution in [2.24, 2.45) is 0 Å². The molecule has 1 atom stereocenters. The fourth-order valence-corrected chi connectivity index (χ4v) is 4.48. The van der Waals surface area contributed by atoms with Gasteiger partial charge in [-0.1, -0.05) is 11.6 Å². The quantitative estimate of drug-likeness (QED) is 0.856. The smallest absolute Gasteiger partial charge is 0.247 e. The molecule has 2 aromatic rings. The zero-order chi connectivity index (χ0) is 19.1. The number of piperazine rings is 1. The molecule has 0 radical (unpaired) electrons. The van der Waals surface area contributed by atoms with Crippen LogP contribution in [0.25, 0.3) is 0 Å². The Balaban J connectivity index is 1.23. The number of rotatable bonds is 3. The van der Waals surface area contributed by atoms with E-state index in [1.807, 2.05) is 18.3 Å². The maximum absolute atomic E-state index is 12.3. The van der Waals surface area contributed by atoms with E-state index in [2.05, 4.69) is 36.1 Å². The first-order chi connectivity index (χ1) is 13.7. The number of carbonyl (C=O) groups is 1. The molecule has 146 valence electrons. The molecule has 7 nitrogen and oxygen atoms in total. The summed E-state index contributed by atoms with van der Waals surface area (Å²) in [7, 11) is 0. The molecule has 2 aromatic heterocycles. The molecule has 28 heavy (non-hydrogen) atoms. The third-order valence-corrected chi connectivity index (χ3v) is 6.05. The Bertz CT molecular complexity index is 881. The predicted molar refractivity (Wildman–Crippen MR) is 110 cm³/mol. The molecule has 0 aliphatic carbocycles. The number of carbonyl (C=O) groups excluding carboxylic acids is 1. The van der Waals surface area contributed by atoms with Crippen LogP contribution < -0.4 is 15.1 Å². The van der Waals surface area contributed by atoms with Gasteiger partial charge in [0.05, 0.1) is 10.7 Å². The van der Waals surface area contributed by atoms with Crippen molar-refractivity contribution in [1.82, 2.24) is 14.9 Å². The van der Waals surface area contributed by atoms with E-state index in [0.29, 0.717) is 5.02 Å². The van der Waals surface area contributed by atoms with Gasteiger partial charge in [-0.25, -0.2) is 9.97 Å². The first-order valence-electron chi connectivity index (χ1n) is 9.83. The van der Waals surface area contributed by atoms with Crippen molar-refractivity contribution in [1.29, 1.82) is 0 Å². The van der Waals surface area contributed by atoms with Gasteiger partial charge in [0, 0.05) is 51.7 Å². The summed E-state index contributed by atoms with van der Waals surface area (Å²) < 4.78 is 0. The number of hydrogen-bond acceptors (Lipinski definition) is 6. The summed E-state index contributed by atoms with van der Waals surface area (Å²) in [5, 5.41) is 3.71. The maximum atomic E-state index is 12.3. The molecule has 1 amide bonds. The molecule has 0 bridgehead atoms. The number of fused-ring (bicyclic) bond motifs is 3. The van der Waals surface area contributed by atoms with E-state index < -0.39 is 0 Å². The Morgan fingerprint density at radius 3 is 2.75 bits per heavy atom. The summed E-state index contributed by atoms with van der Waals surface area (Å²) in [5.74, 6) is 2.00. The van der Waals surface area contributed by atoms with Crippen LogP contribution in [0.5, 0.6) is 0 Å². The number of nitrogens with zero attached hydrogens (tertiary/aromatic N) is 5. The third-order valence-electron chi connectivity index (χ3n) is 5.82. The largest absolute Gasteiger partial charge is 0.354 e. The van der Waals surface area contributed by atoms with E-state index in [4.69, 9.17) is 11.6 Å². The van der Waals surface area contributed by atoms with Crippen LogP contribution in [0.1, 0.15) is 18.4 Å². The van der Waals surface area contributed by atoms with Crippen LogP contribution in [0, 0.1) is 0 Å². The Morgan fingerprint density at radius 1 is 1.11 bits per heavy atom. The minimum Gasteiger partial charge on any atom is -0.354 e. The van der Waals surface area contributed by atoms with Crippen molar-refractivity contribution < 1.29 is 4.79 Å². The van der Waals surface area contributed by atoms with Gasteiger partial charge in [0.2, 0.25) is 5.91 Å². The van der Waals surface area contributed by atoms with Gasteiger partial charge in [0.15, 0.2) is 5.82 Å². The minimum atomic E-state index is -0.0413. The number of aromatic nitrogens is 2. The molecule has 0 spiro atoms. The van der Waals surface area contributed by atoms with Crippen LogP contribution in [0.3, 0.4) is 0 Å². The SMILES string of the molecule is O=C1Nc2cc(CN3CCN(c4ccc(Cl)cn4)CC3)cnc2N2CCC[C@@H]12. The van der Waals surface area contributed by atoms with Gasteiger partial charge in [0.25, 0.3) is 0 Å². The van der Waals surface area contributed by atoms with Crippen molar-refractivity contribution in [3.05, 3.63) is 41.2 Å². The molecule has 2 fully saturated rings. The first-order valence-corrected chi connectivity index (χ1v) is 10.2. The Labute approximate surface area is 169 Å². The van der Waals surface area contributed by atoms with E-state index >= 15 is 0 Å². The van der Waals surface area contributed by atoms with Crippen LogP contribution in [0.2, 0.25) is 5.02 Å². The van der Waals surface area contributed by atoms with Gasteiger partial charge in [-0.3, -0.25) is 9.69 Å². The van der Waals surface area contributed by atoms with Crippen molar-refractivity contribution in [3.63, 3.8) is 0 Å². The second-order valence-electron chi connectivity index (χ2n) is 7.65. The Morgan fingerprint density at radius 2 is 1.96 bits per heavy atom. The van der Waals surface area contributed by atoms with Gasteiger partial charge >= 0.3 is 0 Å². The van der Waals surface area contributed by atoms with E-state index in [-0.39, 0.29) is 11.9 Å². The van der Waals surface area contributed by atoms with Crippen molar-refractivity contribution in [2.75, 3.05) is 47.8 Å². The van der Waals surface area contributed by atoms with E-state index in [9.17, 15) is 4.79 Å². The second kappa shape index (κ2) is 7.22. The lowest BCUT2D eigenvalue weighted by Crippen LogP contribution is -2.46. The molecule has 1 N–H and O–H groups in total. The average molecular weight is 399 g/mol. The summed E-state index contributed by atoms with van der Waals surface area (Å²) in [6, 6.07) is 5.90. The number of anilines is 3. The maximum Gasteiger partial charge on any atom is 0.247 e. The standard InChI is InChI=1S/C20H23ClN6O/c21-15-3-4-18(22-12-15)26-8-6-25(7-9-26)13-14-10-16-19(23-11-14)27-5-1-2-17(27)20(28)24-16/h3-4,10-12,17H,1-2,5-9,13H2,(H,24,28)/t17-/m0/s1. The number of nitrogens with one attached hydrogen (secondary N) is 1. The monoisotopic (exact) mass is 398 g/mol. The third kappa shape index (κ3) is 3.29. The average Bonchev–Trinajstić information content (AvgIpc) is 3.20. The highest BCUT2D eigenvalue weighted by Crippen LogP contribution is 2.35. The van der Waals surface area contributed by atoms with Crippen molar-refractivity contribution >= 4 is 34.8 Å². The second-order valence-corrected chi connectivity index (χ2v) is 8.09. The zero-order valence-corrected chi connectivity index (χ0v) is 16.4. The van der Waals surface area contributed by atoms with Crippen LogP contribution in [-0.2, 0) is 11.3 Å². The van der Waals surface area contributed by atoms with Crippen LogP contribution in [-0.4, -0.2) is 59.5 Å². The van der Waals surface area contributed by atoms with E-state index in [1.165, 1.54) is 0 Å². The van der Waals surface area contributed by atoms with Crippen LogP contribution in [0.4, 0.5) is 17.3 Å². The molecule has 0 aromatic carbocycles. The molecule has 0 unspecified atom stereocenters. The fraction of sp³-hybridized carbons (Fsp3) is 0.450. The molecule has 5 heterocycles. The highest BCUT2D eigenvalue weighted by Gasteiger charge is 2.37. The van der Waals surface area contributed by atoms with Crippen LogP contribution in [0.15, 0.2) is 30.6 Å². The van der Waals surface area contributed by atoms with Crippen molar-refractivity contribution in [3.8, 4) is 0 Å². The summed E-state index contributed by atoms with van der Waals surface area (Å²) >= 11 is 5.93. The molecular formula is C20H23ClN6O. The van der Waals surface area contributed by atoms with Gasteiger partial charge < -0.3 is 15.1 Å². The molecule has 2 saturated heterocycles. The summed E-state index contributed by atoms with van der Waals surface area (Å²) in [5.41, 5.74) is 1.99. The number of hydrogen-bond donors (Lipinski definition) is 1. The lowest BCUT2D eigenvalue weighted by atomic mass is 10.1. The Kier molecular flexibility index (Phi) is 4.56. The lowest BCUT2D eigenvalue weighted by molar-refractivity contribution is -0.117. The zero-order valence-electron chi connectivity index (χ0n) is 15.6. The van der Waals surface area contributed by atoms with Crippen molar-refractivity contribution in [2.45, 2.75) is 25.4 Å². The van der Waals surface area contributed by atoms with Crippen LogP contribution >= 0.6 is 11.6 Å². The molecule has 3 aliphatic rings. The lowest BCUT2D eigenvalue weighted by Gasteiger charge is -2.36. The van der Waals surface area contributed by atoms with E-state index in [0.717, 1.165) is 75.0 Å².